The molecular weight excluding hydrogens is 226 g/mol. The fraction of sp³-hybridized carbons (Fsp3) is 0.364. The van der Waals surface area contributed by atoms with Gasteiger partial charge in [-0.15, -0.1) is 0 Å². The van der Waals surface area contributed by atoms with Gasteiger partial charge in [-0.2, -0.15) is 0 Å². The number of amides is 1. The summed E-state index contributed by atoms with van der Waals surface area (Å²) in [5.41, 5.74) is 1.25. The largest absolute Gasteiger partial charge is 0.268 e. The molecule has 0 spiro atoms. The number of hydrogen-bond acceptors (Lipinski definition) is 3. The van der Waals surface area contributed by atoms with Gasteiger partial charge < -0.3 is 0 Å². The molecule has 0 radical (unpaired) electrons. The Morgan fingerprint density at radius 3 is 2.25 bits per heavy atom. The van der Waals surface area contributed by atoms with Crippen LogP contribution in [0.15, 0.2) is 24.3 Å². The first-order valence-corrected chi connectivity index (χ1v) is 6.86. The van der Waals surface area contributed by atoms with Crippen LogP contribution in [0, 0.1) is 6.92 Å². The lowest BCUT2D eigenvalue weighted by Gasteiger charge is -2.02. The Hall–Kier alpha value is -1.36. The summed E-state index contributed by atoms with van der Waals surface area (Å²) in [4.78, 5) is 11.3. The molecule has 0 fully saturated rings. The van der Waals surface area contributed by atoms with Crippen molar-refractivity contribution in [2.75, 3.05) is 6.26 Å². The summed E-state index contributed by atoms with van der Waals surface area (Å²) in [6.45, 7) is 5.83. The van der Waals surface area contributed by atoms with Crippen molar-refractivity contribution in [3.05, 3.63) is 35.4 Å². The molecule has 90 valence electrons. The van der Waals surface area contributed by atoms with Crippen LogP contribution in [0.5, 0.6) is 0 Å². The van der Waals surface area contributed by atoms with Crippen molar-refractivity contribution in [2.45, 2.75) is 20.8 Å². The highest BCUT2D eigenvalue weighted by Gasteiger charge is 2.10. The molecule has 0 aromatic heterocycles. The fourth-order valence-corrected chi connectivity index (χ4v) is 1.47. The molecule has 0 bridgehead atoms. The Morgan fingerprint density at radius 2 is 1.81 bits per heavy atom. The van der Waals surface area contributed by atoms with Crippen LogP contribution in [-0.4, -0.2) is 20.6 Å². The molecule has 0 aliphatic rings. The number of nitrogens with one attached hydrogen (secondary N) is 1. The highest BCUT2D eigenvalue weighted by atomic mass is 32.2. The van der Waals surface area contributed by atoms with Crippen LogP contribution in [0.3, 0.4) is 0 Å². The standard InChI is InChI=1S/C9H11NO3S.C2H6/c1-7-4-3-5-8(6-7)9(11)10-14(2,12)13;1-2/h3-6H,1-2H3,(H,10,11);1-2H3. The zero-order chi connectivity index (χ0) is 12.8. The summed E-state index contributed by atoms with van der Waals surface area (Å²) >= 11 is 0. The molecule has 1 N–H and O–H groups in total. The van der Waals surface area contributed by atoms with Crippen LogP contribution in [0.25, 0.3) is 0 Å². The number of rotatable bonds is 2. The minimum absolute atomic E-state index is 0.343. The van der Waals surface area contributed by atoms with Crippen LogP contribution in [0.4, 0.5) is 0 Å². The van der Waals surface area contributed by atoms with Gasteiger partial charge in [0, 0.05) is 5.56 Å². The molecule has 4 nitrogen and oxygen atoms in total. The Morgan fingerprint density at radius 1 is 1.25 bits per heavy atom. The van der Waals surface area contributed by atoms with Crippen molar-refractivity contribution in [3.8, 4) is 0 Å². The molecule has 5 heteroatoms. The SMILES string of the molecule is CC.Cc1cccc(C(=O)NS(C)(=O)=O)c1. The number of benzene rings is 1. The van der Waals surface area contributed by atoms with E-state index in [2.05, 4.69) is 0 Å². The normalized spacial score (nSPS) is 10.0. The second-order valence-electron chi connectivity index (χ2n) is 3.07. The Kier molecular flexibility index (Phi) is 5.74. The molecule has 1 amide bonds. The summed E-state index contributed by atoms with van der Waals surface area (Å²) in [6, 6.07) is 6.72. The number of sulfonamides is 1. The third kappa shape index (κ3) is 5.50. The molecular formula is C11H17NO3S. The summed E-state index contributed by atoms with van der Waals surface area (Å²) in [6.07, 6.45) is 0.945. The lowest BCUT2D eigenvalue weighted by molar-refractivity contribution is 0.0981. The maximum atomic E-state index is 11.3. The van der Waals surface area contributed by atoms with Gasteiger partial charge in [-0.25, -0.2) is 13.1 Å². The molecule has 1 rings (SSSR count). The van der Waals surface area contributed by atoms with E-state index in [4.69, 9.17) is 0 Å². The number of aryl methyl sites for hydroxylation is 1. The van der Waals surface area contributed by atoms with Crippen molar-refractivity contribution in [1.82, 2.24) is 4.72 Å². The zero-order valence-electron chi connectivity index (χ0n) is 9.94. The van der Waals surface area contributed by atoms with Crippen molar-refractivity contribution >= 4 is 15.9 Å². The van der Waals surface area contributed by atoms with E-state index in [0.717, 1.165) is 11.8 Å². The molecule has 1 aromatic rings. The van der Waals surface area contributed by atoms with Crippen molar-refractivity contribution in [3.63, 3.8) is 0 Å². The summed E-state index contributed by atoms with van der Waals surface area (Å²) in [7, 11) is -3.48. The molecule has 0 atom stereocenters. The monoisotopic (exact) mass is 243 g/mol. The van der Waals surface area contributed by atoms with Crippen LogP contribution >= 0.6 is 0 Å². The average Bonchev–Trinajstić information content (AvgIpc) is 2.18. The van der Waals surface area contributed by atoms with E-state index in [0.29, 0.717) is 5.56 Å². The quantitative estimate of drug-likeness (QED) is 0.860. The molecule has 1 aromatic carbocycles. The van der Waals surface area contributed by atoms with E-state index >= 15 is 0 Å². The number of hydrogen-bond donors (Lipinski definition) is 1. The first-order chi connectivity index (χ1) is 7.38. The Balaban J connectivity index is 0.00000106. The first-order valence-electron chi connectivity index (χ1n) is 4.97. The first kappa shape index (κ1) is 14.6. The summed E-state index contributed by atoms with van der Waals surface area (Å²) < 4.78 is 23.4. The van der Waals surface area contributed by atoms with E-state index in [1.807, 2.05) is 31.6 Å². The minimum atomic E-state index is -3.48. The van der Waals surface area contributed by atoms with Gasteiger partial charge >= 0.3 is 0 Å². The van der Waals surface area contributed by atoms with Crippen molar-refractivity contribution in [2.24, 2.45) is 0 Å². The molecule has 16 heavy (non-hydrogen) atoms. The fourth-order valence-electron chi connectivity index (χ4n) is 1.01. The van der Waals surface area contributed by atoms with Crippen LogP contribution in [0.1, 0.15) is 29.8 Å². The zero-order valence-corrected chi connectivity index (χ0v) is 10.8. The maximum Gasteiger partial charge on any atom is 0.264 e. The molecule has 0 heterocycles. The third-order valence-corrected chi connectivity index (χ3v) is 2.11. The van der Waals surface area contributed by atoms with Gasteiger partial charge in [0.25, 0.3) is 5.91 Å². The topological polar surface area (TPSA) is 63.2 Å². The van der Waals surface area contributed by atoms with E-state index in [1.165, 1.54) is 0 Å². The molecule has 0 saturated carbocycles. The lowest BCUT2D eigenvalue weighted by Crippen LogP contribution is -2.29. The third-order valence-electron chi connectivity index (χ3n) is 1.56. The highest BCUT2D eigenvalue weighted by Crippen LogP contribution is 2.03. The van der Waals surface area contributed by atoms with Crippen LogP contribution < -0.4 is 4.72 Å². The van der Waals surface area contributed by atoms with E-state index < -0.39 is 15.9 Å². The van der Waals surface area contributed by atoms with Gasteiger partial charge in [0.2, 0.25) is 10.0 Å². The van der Waals surface area contributed by atoms with Gasteiger partial charge in [-0.05, 0) is 19.1 Å². The molecule has 0 unspecified atom stereocenters. The second kappa shape index (κ2) is 6.27. The summed E-state index contributed by atoms with van der Waals surface area (Å²) in [5.74, 6) is -0.601. The highest BCUT2D eigenvalue weighted by molar-refractivity contribution is 7.89. The van der Waals surface area contributed by atoms with E-state index in [-0.39, 0.29) is 0 Å². The Bertz CT molecular complexity index is 452. The molecule has 0 aliphatic carbocycles. The van der Waals surface area contributed by atoms with Crippen LogP contribution in [0.2, 0.25) is 0 Å². The minimum Gasteiger partial charge on any atom is -0.268 e. The van der Waals surface area contributed by atoms with Gasteiger partial charge in [-0.1, -0.05) is 31.5 Å². The van der Waals surface area contributed by atoms with Gasteiger partial charge in [0.05, 0.1) is 6.26 Å². The van der Waals surface area contributed by atoms with Crippen molar-refractivity contribution < 1.29 is 13.2 Å². The lowest BCUT2D eigenvalue weighted by atomic mass is 10.1. The number of carbonyl (C=O) groups excluding carboxylic acids is 1. The predicted octanol–water partition coefficient (Wildman–Crippen LogP) is 1.71. The van der Waals surface area contributed by atoms with Gasteiger partial charge in [-0.3, -0.25) is 4.79 Å². The predicted molar refractivity (Wildman–Crippen MR) is 64.8 cm³/mol. The second-order valence-corrected chi connectivity index (χ2v) is 4.82. The smallest absolute Gasteiger partial charge is 0.264 e. The summed E-state index contributed by atoms with van der Waals surface area (Å²) in [5, 5.41) is 0. The Labute approximate surface area is 96.7 Å². The molecule has 0 aliphatic heterocycles. The maximum absolute atomic E-state index is 11.3. The van der Waals surface area contributed by atoms with Gasteiger partial charge in [0.1, 0.15) is 0 Å². The number of carbonyl (C=O) groups is 1. The van der Waals surface area contributed by atoms with Gasteiger partial charge in [0.15, 0.2) is 0 Å². The average molecular weight is 243 g/mol. The van der Waals surface area contributed by atoms with Crippen LogP contribution in [-0.2, 0) is 10.0 Å². The van der Waals surface area contributed by atoms with E-state index in [9.17, 15) is 13.2 Å². The molecule has 0 saturated heterocycles. The van der Waals surface area contributed by atoms with Crippen molar-refractivity contribution in [1.29, 1.82) is 0 Å². The van der Waals surface area contributed by atoms with E-state index in [1.54, 1.807) is 18.2 Å².